The Balaban J connectivity index is 3.30. The first-order valence-corrected chi connectivity index (χ1v) is 6.79. The summed E-state index contributed by atoms with van der Waals surface area (Å²) in [7, 11) is 5.99. The van der Waals surface area contributed by atoms with Crippen molar-refractivity contribution in [1.29, 1.82) is 0 Å². The van der Waals surface area contributed by atoms with Crippen molar-refractivity contribution in [2.75, 3.05) is 26.0 Å². The molecule has 0 unspecified atom stereocenters. The Bertz CT molecular complexity index is 201. The van der Waals surface area contributed by atoms with E-state index in [0.29, 0.717) is 5.94 Å². The lowest BCUT2D eigenvalue weighted by Crippen LogP contribution is -2.19. The third-order valence-corrected chi connectivity index (χ3v) is 3.14. The zero-order chi connectivity index (χ0) is 11.5. The van der Waals surface area contributed by atoms with E-state index >= 15 is 0 Å². The van der Waals surface area contributed by atoms with Crippen LogP contribution in [0.2, 0.25) is 0 Å². The molecule has 5 nitrogen and oxygen atoms in total. The molecule has 0 aromatic rings. The van der Waals surface area contributed by atoms with Gasteiger partial charge in [0.1, 0.15) is 11.9 Å². The van der Waals surface area contributed by atoms with E-state index in [-0.39, 0.29) is 30.7 Å². The third-order valence-electron chi connectivity index (χ3n) is 1.35. The van der Waals surface area contributed by atoms with Crippen LogP contribution in [-0.2, 0) is 19.1 Å². The first-order chi connectivity index (χ1) is 7.20. The number of methoxy groups -OCH3 is 1. The van der Waals surface area contributed by atoms with Crippen molar-refractivity contribution >= 4 is 33.5 Å². The van der Waals surface area contributed by atoms with Crippen molar-refractivity contribution < 1.29 is 19.1 Å². The second kappa shape index (κ2) is 10.1. The Morgan fingerprint density at radius 2 is 1.87 bits per heavy atom. The SMILES string of the molecule is CNC(=O)CCC(=O)OCSSCOC. The number of rotatable bonds is 8. The van der Waals surface area contributed by atoms with E-state index in [1.54, 1.807) is 7.11 Å². The highest BCUT2D eigenvalue weighted by molar-refractivity contribution is 8.76. The second-order valence-electron chi connectivity index (χ2n) is 2.45. The fourth-order valence-electron chi connectivity index (χ4n) is 0.619. The molecule has 0 aliphatic carbocycles. The fraction of sp³-hybridized carbons (Fsp3) is 0.750. The van der Waals surface area contributed by atoms with Crippen LogP contribution < -0.4 is 5.32 Å². The minimum atomic E-state index is -0.357. The van der Waals surface area contributed by atoms with E-state index in [0.717, 1.165) is 0 Å². The quantitative estimate of drug-likeness (QED) is 0.301. The van der Waals surface area contributed by atoms with Crippen LogP contribution in [0, 0.1) is 0 Å². The zero-order valence-electron chi connectivity index (χ0n) is 8.78. The Kier molecular flexibility index (Phi) is 9.86. The molecule has 0 atom stereocenters. The highest BCUT2D eigenvalue weighted by Crippen LogP contribution is 2.20. The molecule has 0 radical (unpaired) electrons. The van der Waals surface area contributed by atoms with Crippen LogP contribution in [0.5, 0.6) is 0 Å². The lowest BCUT2D eigenvalue weighted by atomic mass is 10.3. The molecule has 0 heterocycles. The highest BCUT2D eigenvalue weighted by Gasteiger charge is 2.06. The largest absolute Gasteiger partial charge is 0.454 e. The molecule has 0 spiro atoms. The maximum atomic E-state index is 11.0. The Morgan fingerprint density at radius 1 is 1.20 bits per heavy atom. The Labute approximate surface area is 97.0 Å². The first kappa shape index (κ1) is 14.6. The molecule has 1 amide bonds. The van der Waals surface area contributed by atoms with Crippen molar-refractivity contribution in [1.82, 2.24) is 5.32 Å². The van der Waals surface area contributed by atoms with Crippen LogP contribution in [0.15, 0.2) is 0 Å². The molecule has 0 saturated carbocycles. The number of carbonyl (C=O) groups excluding carboxylic acids is 2. The summed E-state index contributed by atoms with van der Waals surface area (Å²) in [5, 5.41) is 2.43. The number of hydrogen-bond donors (Lipinski definition) is 1. The Hall–Kier alpha value is -0.400. The summed E-state index contributed by atoms with van der Waals surface area (Å²) >= 11 is 0. The first-order valence-electron chi connectivity index (χ1n) is 4.30. The van der Waals surface area contributed by atoms with Gasteiger partial charge in [-0.15, -0.1) is 0 Å². The summed E-state index contributed by atoms with van der Waals surface area (Å²) in [6.07, 6.45) is 0.292. The third kappa shape index (κ3) is 9.89. The standard InChI is InChI=1S/C8H15NO4S2/c1-9-7(10)3-4-8(11)13-6-15-14-5-12-2/h3-6H2,1-2H3,(H,9,10). The number of hydrogen-bond acceptors (Lipinski definition) is 6. The normalized spacial score (nSPS) is 9.73. The van der Waals surface area contributed by atoms with Gasteiger partial charge in [-0.2, -0.15) is 0 Å². The molecule has 0 aromatic heterocycles. The number of carbonyl (C=O) groups is 2. The zero-order valence-corrected chi connectivity index (χ0v) is 10.4. The van der Waals surface area contributed by atoms with E-state index < -0.39 is 0 Å². The molecule has 0 aliphatic heterocycles. The van der Waals surface area contributed by atoms with Gasteiger partial charge in [-0.3, -0.25) is 9.59 Å². The van der Waals surface area contributed by atoms with Gasteiger partial charge in [-0.05, 0) is 0 Å². The van der Waals surface area contributed by atoms with Crippen molar-refractivity contribution in [2.45, 2.75) is 12.8 Å². The summed E-state index contributed by atoms with van der Waals surface area (Å²) in [5.41, 5.74) is 0. The second-order valence-corrected chi connectivity index (χ2v) is 4.81. The van der Waals surface area contributed by atoms with Crippen LogP contribution in [0.3, 0.4) is 0 Å². The minimum Gasteiger partial charge on any atom is -0.454 e. The summed E-state index contributed by atoms with van der Waals surface area (Å²) in [4.78, 5) is 21.8. The van der Waals surface area contributed by atoms with E-state index in [1.165, 1.54) is 28.6 Å². The van der Waals surface area contributed by atoms with Gasteiger partial charge in [0, 0.05) is 20.6 Å². The molecule has 0 bridgehead atoms. The average Bonchev–Trinajstić information content (AvgIpc) is 2.25. The maximum Gasteiger partial charge on any atom is 0.307 e. The van der Waals surface area contributed by atoms with Crippen LogP contribution in [0.1, 0.15) is 12.8 Å². The molecular formula is C8H15NO4S2. The maximum absolute atomic E-state index is 11.0. The van der Waals surface area contributed by atoms with Crippen LogP contribution >= 0.6 is 21.6 Å². The van der Waals surface area contributed by atoms with E-state index in [9.17, 15) is 9.59 Å². The summed E-state index contributed by atoms with van der Waals surface area (Å²) < 4.78 is 9.64. The Morgan fingerprint density at radius 3 is 2.47 bits per heavy atom. The minimum absolute atomic E-state index is 0.120. The van der Waals surface area contributed by atoms with Crippen LogP contribution in [0.4, 0.5) is 0 Å². The van der Waals surface area contributed by atoms with Gasteiger partial charge in [-0.1, -0.05) is 21.6 Å². The molecule has 0 rings (SSSR count). The molecule has 0 fully saturated rings. The van der Waals surface area contributed by atoms with Crippen molar-refractivity contribution in [3.8, 4) is 0 Å². The summed E-state index contributed by atoms with van der Waals surface area (Å²) in [5.74, 6) is 0.318. The lowest BCUT2D eigenvalue weighted by molar-refractivity contribution is -0.142. The fourth-order valence-corrected chi connectivity index (χ4v) is 1.87. The summed E-state index contributed by atoms with van der Waals surface area (Å²) in [6, 6.07) is 0. The van der Waals surface area contributed by atoms with Gasteiger partial charge < -0.3 is 14.8 Å². The smallest absolute Gasteiger partial charge is 0.307 e. The monoisotopic (exact) mass is 253 g/mol. The average molecular weight is 253 g/mol. The van der Waals surface area contributed by atoms with Crippen molar-refractivity contribution in [3.05, 3.63) is 0 Å². The topological polar surface area (TPSA) is 64.6 Å². The lowest BCUT2D eigenvalue weighted by Gasteiger charge is -2.03. The van der Waals surface area contributed by atoms with Crippen molar-refractivity contribution in [2.24, 2.45) is 0 Å². The molecule has 0 saturated heterocycles. The van der Waals surface area contributed by atoms with Crippen LogP contribution in [0.25, 0.3) is 0 Å². The molecule has 88 valence electrons. The molecule has 0 aromatic carbocycles. The van der Waals surface area contributed by atoms with E-state index in [4.69, 9.17) is 9.47 Å². The number of ether oxygens (including phenoxy) is 2. The predicted octanol–water partition coefficient (Wildman–Crippen LogP) is 0.999. The van der Waals surface area contributed by atoms with Gasteiger partial charge in [0.05, 0.1) is 6.42 Å². The molecule has 7 heteroatoms. The molecule has 1 N–H and O–H groups in total. The van der Waals surface area contributed by atoms with Gasteiger partial charge in [0.25, 0.3) is 0 Å². The van der Waals surface area contributed by atoms with Crippen LogP contribution in [-0.4, -0.2) is 37.9 Å². The van der Waals surface area contributed by atoms with E-state index in [2.05, 4.69) is 5.32 Å². The van der Waals surface area contributed by atoms with Gasteiger partial charge >= 0.3 is 5.97 Å². The van der Waals surface area contributed by atoms with Gasteiger partial charge in [-0.25, -0.2) is 0 Å². The van der Waals surface area contributed by atoms with Crippen molar-refractivity contribution in [3.63, 3.8) is 0 Å². The number of esters is 1. The van der Waals surface area contributed by atoms with Gasteiger partial charge in [0.2, 0.25) is 5.91 Å². The molecule has 15 heavy (non-hydrogen) atoms. The summed E-state index contributed by atoms with van der Waals surface area (Å²) in [6.45, 7) is 0. The predicted molar refractivity (Wildman–Crippen MR) is 61.3 cm³/mol. The number of amides is 1. The highest BCUT2D eigenvalue weighted by atomic mass is 33.1. The van der Waals surface area contributed by atoms with E-state index in [1.807, 2.05) is 0 Å². The molecule has 0 aliphatic rings. The molecular weight excluding hydrogens is 238 g/mol. The number of nitrogens with one attached hydrogen (secondary N) is 1. The van der Waals surface area contributed by atoms with Gasteiger partial charge in [0.15, 0.2) is 0 Å².